The molecule has 0 fully saturated rings. The lowest BCUT2D eigenvalue weighted by atomic mass is 10.1. The fraction of sp³-hybridized carbons (Fsp3) is 0.429. The minimum Gasteiger partial charge on any atom is -0.486 e. The topological polar surface area (TPSA) is 77.6 Å². The molecular formula is C14H16N2O4. The van der Waals surface area contributed by atoms with E-state index in [2.05, 4.69) is 10.2 Å². The number of fused-ring (bicyclic) bond motifs is 1. The van der Waals surface area contributed by atoms with Crippen LogP contribution >= 0.6 is 0 Å². The quantitative estimate of drug-likeness (QED) is 0.883. The number of ether oxygens (including phenoxy) is 2. The van der Waals surface area contributed by atoms with Gasteiger partial charge in [-0.2, -0.15) is 0 Å². The van der Waals surface area contributed by atoms with Gasteiger partial charge in [-0.3, -0.25) is 0 Å². The Morgan fingerprint density at radius 1 is 0.950 bits per heavy atom. The second-order valence-corrected chi connectivity index (χ2v) is 4.54. The molecule has 20 heavy (non-hydrogen) atoms. The molecule has 0 radical (unpaired) electrons. The molecule has 0 unspecified atom stereocenters. The molecule has 0 atom stereocenters. The van der Waals surface area contributed by atoms with E-state index in [4.69, 9.17) is 19.0 Å². The Hall–Kier alpha value is -2.08. The molecule has 6 heteroatoms. The summed E-state index contributed by atoms with van der Waals surface area (Å²) in [7, 11) is 0. The molecule has 0 spiro atoms. The number of hydrogen-bond acceptors (Lipinski definition) is 6. The van der Waals surface area contributed by atoms with E-state index in [9.17, 15) is 0 Å². The zero-order valence-electron chi connectivity index (χ0n) is 11.0. The van der Waals surface area contributed by atoms with E-state index < -0.39 is 0 Å². The van der Waals surface area contributed by atoms with Gasteiger partial charge < -0.3 is 19.0 Å². The van der Waals surface area contributed by atoms with E-state index in [0.717, 1.165) is 23.5 Å². The third-order valence-corrected chi connectivity index (χ3v) is 3.07. The second-order valence-electron chi connectivity index (χ2n) is 4.54. The molecule has 0 saturated carbocycles. The van der Waals surface area contributed by atoms with Gasteiger partial charge in [0, 0.05) is 12.8 Å². The lowest BCUT2D eigenvalue weighted by Gasteiger charge is -2.18. The molecule has 106 valence electrons. The maximum Gasteiger partial charge on any atom is 0.218 e. The third kappa shape index (κ3) is 2.91. The van der Waals surface area contributed by atoms with Crippen molar-refractivity contribution >= 4 is 0 Å². The van der Waals surface area contributed by atoms with Crippen molar-refractivity contribution in [1.29, 1.82) is 0 Å². The van der Waals surface area contributed by atoms with Gasteiger partial charge >= 0.3 is 0 Å². The highest BCUT2D eigenvalue weighted by molar-refractivity contribution is 5.43. The Balaban J connectivity index is 1.62. The Kier molecular flexibility index (Phi) is 3.83. The third-order valence-electron chi connectivity index (χ3n) is 3.07. The van der Waals surface area contributed by atoms with Crippen molar-refractivity contribution in [3.8, 4) is 11.5 Å². The minimum atomic E-state index is 0.0177. The van der Waals surface area contributed by atoms with E-state index in [1.807, 2.05) is 18.2 Å². The monoisotopic (exact) mass is 276 g/mol. The molecule has 1 aromatic heterocycles. The molecule has 0 saturated heterocycles. The van der Waals surface area contributed by atoms with Crippen LogP contribution in [0.15, 0.2) is 22.6 Å². The van der Waals surface area contributed by atoms with Crippen LogP contribution in [0.3, 0.4) is 0 Å². The van der Waals surface area contributed by atoms with Crippen LogP contribution in [0.5, 0.6) is 11.5 Å². The molecule has 0 aliphatic carbocycles. The summed E-state index contributed by atoms with van der Waals surface area (Å²) in [6.45, 7) is 1.20. The number of benzene rings is 1. The van der Waals surface area contributed by atoms with Gasteiger partial charge in [0.2, 0.25) is 11.8 Å². The molecule has 1 N–H and O–H groups in total. The van der Waals surface area contributed by atoms with E-state index >= 15 is 0 Å². The standard InChI is InChI=1S/C14H16N2O4/c17-6-5-14-16-15-13(20-14)4-2-10-1-3-11-12(9-10)19-8-7-18-11/h1,3,9,17H,2,4-8H2. The SMILES string of the molecule is OCCc1nnc(CCc2ccc3c(c2)OCCO3)o1. The summed E-state index contributed by atoms with van der Waals surface area (Å²) in [5.41, 5.74) is 1.14. The average molecular weight is 276 g/mol. The Morgan fingerprint density at radius 3 is 2.50 bits per heavy atom. The number of rotatable bonds is 5. The van der Waals surface area contributed by atoms with Gasteiger partial charge in [0.05, 0.1) is 6.61 Å². The predicted molar refractivity (Wildman–Crippen MR) is 69.9 cm³/mol. The average Bonchev–Trinajstić information content (AvgIpc) is 2.93. The number of aromatic nitrogens is 2. The van der Waals surface area contributed by atoms with Gasteiger partial charge in [0.15, 0.2) is 11.5 Å². The van der Waals surface area contributed by atoms with Gasteiger partial charge in [-0.05, 0) is 24.1 Å². The maximum absolute atomic E-state index is 8.80. The highest BCUT2D eigenvalue weighted by Gasteiger charge is 2.12. The summed E-state index contributed by atoms with van der Waals surface area (Å²) in [5, 5.41) is 16.6. The number of nitrogens with zero attached hydrogens (tertiary/aromatic N) is 2. The molecular weight excluding hydrogens is 260 g/mol. The molecule has 6 nitrogen and oxygen atoms in total. The number of aliphatic hydroxyl groups excluding tert-OH is 1. The van der Waals surface area contributed by atoms with Crippen LogP contribution in [-0.4, -0.2) is 35.1 Å². The largest absolute Gasteiger partial charge is 0.486 e. The maximum atomic E-state index is 8.80. The Labute approximate surface area is 116 Å². The lowest BCUT2D eigenvalue weighted by molar-refractivity contribution is 0.171. The molecule has 1 aliphatic heterocycles. The fourth-order valence-corrected chi connectivity index (χ4v) is 2.08. The van der Waals surface area contributed by atoms with Crippen molar-refractivity contribution in [3.05, 3.63) is 35.5 Å². The first-order valence-electron chi connectivity index (χ1n) is 6.66. The van der Waals surface area contributed by atoms with Crippen molar-refractivity contribution in [1.82, 2.24) is 10.2 Å². The van der Waals surface area contributed by atoms with Gasteiger partial charge in [-0.1, -0.05) is 6.07 Å². The van der Waals surface area contributed by atoms with Crippen LogP contribution in [0, 0.1) is 0 Å². The highest BCUT2D eigenvalue weighted by Crippen LogP contribution is 2.31. The first-order chi connectivity index (χ1) is 9.85. The van der Waals surface area contributed by atoms with Gasteiger partial charge in [-0.15, -0.1) is 10.2 Å². The van der Waals surface area contributed by atoms with Crippen LogP contribution < -0.4 is 9.47 Å². The van der Waals surface area contributed by atoms with Crippen LogP contribution in [0.2, 0.25) is 0 Å². The summed E-state index contributed by atoms with van der Waals surface area (Å²) >= 11 is 0. The van der Waals surface area contributed by atoms with Crippen LogP contribution in [0.4, 0.5) is 0 Å². The van der Waals surface area contributed by atoms with E-state index in [1.54, 1.807) is 0 Å². The summed E-state index contributed by atoms with van der Waals surface area (Å²) in [6, 6.07) is 5.92. The van der Waals surface area contributed by atoms with Crippen molar-refractivity contribution < 1.29 is 19.0 Å². The van der Waals surface area contributed by atoms with Crippen LogP contribution in [0.1, 0.15) is 17.3 Å². The van der Waals surface area contributed by atoms with E-state index in [1.165, 1.54) is 0 Å². The fourth-order valence-electron chi connectivity index (χ4n) is 2.08. The van der Waals surface area contributed by atoms with Gasteiger partial charge in [0.1, 0.15) is 13.2 Å². The van der Waals surface area contributed by atoms with Crippen molar-refractivity contribution in [2.24, 2.45) is 0 Å². The molecule has 1 aliphatic rings. The first-order valence-corrected chi connectivity index (χ1v) is 6.66. The normalized spacial score (nSPS) is 13.4. The zero-order valence-corrected chi connectivity index (χ0v) is 11.0. The minimum absolute atomic E-state index is 0.0177. The van der Waals surface area contributed by atoms with E-state index in [0.29, 0.717) is 37.8 Å². The van der Waals surface area contributed by atoms with Gasteiger partial charge in [0.25, 0.3) is 0 Å². The smallest absolute Gasteiger partial charge is 0.218 e. The zero-order chi connectivity index (χ0) is 13.8. The van der Waals surface area contributed by atoms with E-state index in [-0.39, 0.29) is 6.61 Å². The second kappa shape index (κ2) is 5.92. The molecule has 2 heterocycles. The molecule has 2 aromatic rings. The number of hydrogen-bond donors (Lipinski definition) is 1. The number of aliphatic hydroxyl groups is 1. The Morgan fingerprint density at radius 2 is 1.70 bits per heavy atom. The molecule has 0 bridgehead atoms. The molecule has 1 aromatic carbocycles. The van der Waals surface area contributed by atoms with Crippen LogP contribution in [0.25, 0.3) is 0 Å². The summed E-state index contributed by atoms with van der Waals surface area (Å²) in [6.07, 6.45) is 1.85. The highest BCUT2D eigenvalue weighted by atomic mass is 16.6. The predicted octanol–water partition coefficient (Wildman–Crippen LogP) is 1.16. The van der Waals surface area contributed by atoms with Crippen molar-refractivity contribution in [2.45, 2.75) is 19.3 Å². The lowest BCUT2D eigenvalue weighted by Crippen LogP contribution is -2.15. The van der Waals surface area contributed by atoms with Crippen molar-refractivity contribution in [2.75, 3.05) is 19.8 Å². The summed E-state index contributed by atoms with van der Waals surface area (Å²) in [5.74, 6) is 2.65. The van der Waals surface area contributed by atoms with Gasteiger partial charge in [-0.25, -0.2) is 0 Å². The molecule has 0 amide bonds. The summed E-state index contributed by atoms with van der Waals surface area (Å²) in [4.78, 5) is 0. The van der Waals surface area contributed by atoms with Crippen molar-refractivity contribution in [3.63, 3.8) is 0 Å². The van der Waals surface area contributed by atoms with Crippen LogP contribution in [-0.2, 0) is 19.3 Å². The number of aryl methyl sites for hydroxylation is 2. The molecule has 3 rings (SSSR count). The first kappa shape index (κ1) is 12.9. The Bertz CT molecular complexity index is 582. The summed E-state index contributed by atoms with van der Waals surface area (Å²) < 4.78 is 16.5.